The maximum Gasteiger partial charge on any atom is 0.247 e. The summed E-state index contributed by atoms with van der Waals surface area (Å²) < 4.78 is 6.34. The van der Waals surface area contributed by atoms with Crippen molar-refractivity contribution in [3.63, 3.8) is 0 Å². The normalized spacial score (nSPS) is 15.1. The molecule has 2 aromatic carbocycles. The predicted molar refractivity (Wildman–Crippen MR) is 114 cm³/mol. The van der Waals surface area contributed by atoms with Gasteiger partial charge < -0.3 is 4.74 Å². The van der Waals surface area contributed by atoms with E-state index < -0.39 is 6.23 Å². The number of amides is 1. The first-order chi connectivity index (χ1) is 14.1. The van der Waals surface area contributed by atoms with Crippen LogP contribution < -0.4 is 9.64 Å². The third-order valence-electron chi connectivity index (χ3n) is 4.80. The minimum Gasteiger partial charge on any atom is -0.447 e. The van der Waals surface area contributed by atoms with Crippen molar-refractivity contribution in [2.24, 2.45) is 0 Å². The van der Waals surface area contributed by atoms with Crippen LogP contribution in [-0.4, -0.2) is 26.8 Å². The fourth-order valence-electron chi connectivity index (χ4n) is 3.38. The van der Waals surface area contributed by atoms with Crippen molar-refractivity contribution in [2.75, 3.05) is 10.7 Å². The zero-order chi connectivity index (χ0) is 20.4. The number of aryl methyl sites for hydroxylation is 1. The number of thioether (sulfide) groups is 1. The van der Waals surface area contributed by atoms with Crippen LogP contribution in [0, 0.1) is 0 Å². The lowest BCUT2D eigenvalue weighted by Gasteiger charge is -2.30. The van der Waals surface area contributed by atoms with Crippen molar-refractivity contribution in [3.8, 4) is 17.1 Å². The first kappa shape index (κ1) is 19.4. The fraction of sp³-hybridized carbons (Fsp3) is 0.273. The molecular formula is C22H22N4O2S. The van der Waals surface area contributed by atoms with Gasteiger partial charge in [-0.05, 0) is 23.8 Å². The van der Waals surface area contributed by atoms with Crippen LogP contribution in [0.5, 0.6) is 5.88 Å². The maximum absolute atomic E-state index is 12.7. The number of aromatic nitrogens is 3. The molecule has 1 aliphatic rings. The molecule has 0 radical (unpaired) electrons. The van der Waals surface area contributed by atoms with Gasteiger partial charge in [0.2, 0.25) is 23.2 Å². The summed E-state index contributed by atoms with van der Waals surface area (Å²) in [5.74, 6) is 1.10. The first-order valence-electron chi connectivity index (χ1n) is 9.64. The van der Waals surface area contributed by atoms with Gasteiger partial charge in [0.1, 0.15) is 0 Å². The van der Waals surface area contributed by atoms with Gasteiger partial charge in [0.15, 0.2) is 5.69 Å². The molecule has 0 aliphatic carbocycles. The Kier molecular flexibility index (Phi) is 5.49. The molecule has 0 bridgehead atoms. The Morgan fingerprint density at radius 1 is 1.10 bits per heavy atom. The van der Waals surface area contributed by atoms with Gasteiger partial charge in [-0.2, -0.15) is 4.98 Å². The van der Waals surface area contributed by atoms with Crippen molar-refractivity contribution in [1.82, 2.24) is 15.2 Å². The molecule has 0 saturated heterocycles. The second kappa shape index (κ2) is 8.21. The van der Waals surface area contributed by atoms with Crippen LogP contribution >= 0.6 is 11.8 Å². The van der Waals surface area contributed by atoms with E-state index in [1.165, 1.54) is 17.3 Å². The molecule has 4 rings (SSSR count). The number of carbonyl (C=O) groups is 1. The molecule has 0 fully saturated rings. The van der Waals surface area contributed by atoms with Gasteiger partial charge in [0.25, 0.3) is 0 Å². The number of anilines is 1. The van der Waals surface area contributed by atoms with Crippen molar-refractivity contribution >= 4 is 23.4 Å². The number of para-hydroxylation sites is 1. The summed E-state index contributed by atoms with van der Waals surface area (Å²) in [6.45, 7) is 5.69. The molecule has 148 valence electrons. The van der Waals surface area contributed by atoms with Gasteiger partial charge >= 0.3 is 0 Å². The third kappa shape index (κ3) is 3.70. The number of fused-ring (bicyclic) bond motifs is 3. The van der Waals surface area contributed by atoms with Gasteiger partial charge in [-0.3, -0.25) is 9.69 Å². The zero-order valence-corrected chi connectivity index (χ0v) is 17.4. The molecule has 0 N–H and O–H groups in total. The van der Waals surface area contributed by atoms with Crippen LogP contribution in [0.25, 0.3) is 11.3 Å². The average molecular weight is 407 g/mol. The quantitative estimate of drug-likeness (QED) is 0.587. The molecule has 29 heavy (non-hydrogen) atoms. The molecule has 0 unspecified atom stereocenters. The SMILES string of the molecule is CCSc1nnc2c(n1)O[C@H](c1ccc(CC)cc1)N(C(C)=O)c1ccccc1-2. The molecular weight excluding hydrogens is 384 g/mol. The zero-order valence-electron chi connectivity index (χ0n) is 16.6. The second-order valence-electron chi connectivity index (χ2n) is 6.65. The minimum atomic E-state index is -0.642. The Bertz CT molecular complexity index is 1040. The minimum absolute atomic E-state index is 0.119. The number of hydrogen-bond donors (Lipinski definition) is 0. The van der Waals surface area contributed by atoms with Crippen LogP contribution in [0.3, 0.4) is 0 Å². The van der Waals surface area contributed by atoms with Crippen LogP contribution in [0.15, 0.2) is 53.7 Å². The topological polar surface area (TPSA) is 68.2 Å². The van der Waals surface area contributed by atoms with Crippen molar-refractivity contribution in [3.05, 3.63) is 59.7 Å². The van der Waals surface area contributed by atoms with E-state index in [-0.39, 0.29) is 5.91 Å². The summed E-state index contributed by atoms with van der Waals surface area (Å²) in [5, 5.41) is 9.18. The molecule has 7 heteroatoms. The second-order valence-corrected chi connectivity index (χ2v) is 7.88. The highest BCUT2D eigenvalue weighted by molar-refractivity contribution is 7.99. The van der Waals surface area contributed by atoms with Crippen molar-refractivity contribution in [1.29, 1.82) is 0 Å². The number of rotatable bonds is 4. The van der Waals surface area contributed by atoms with E-state index in [4.69, 9.17) is 4.74 Å². The molecule has 1 amide bonds. The van der Waals surface area contributed by atoms with Gasteiger partial charge in [-0.1, -0.05) is 68.1 Å². The van der Waals surface area contributed by atoms with Crippen molar-refractivity contribution < 1.29 is 9.53 Å². The standard InChI is InChI=1S/C22H22N4O2S/c1-4-15-10-12-16(13-11-15)21-26(14(3)27)18-9-7-6-8-17(18)19-20(28-21)23-22(25-24-19)29-5-2/h6-13,21H,4-5H2,1-3H3/t21-/m1/s1. The summed E-state index contributed by atoms with van der Waals surface area (Å²) in [6, 6.07) is 15.8. The highest BCUT2D eigenvalue weighted by atomic mass is 32.2. The van der Waals surface area contributed by atoms with E-state index in [9.17, 15) is 4.79 Å². The average Bonchev–Trinajstić information content (AvgIpc) is 2.88. The molecule has 6 nitrogen and oxygen atoms in total. The molecule has 1 aliphatic heterocycles. The van der Waals surface area contributed by atoms with Crippen LogP contribution in [0.2, 0.25) is 0 Å². The molecule has 2 heterocycles. The smallest absolute Gasteiger partial charge is 0.247 e. The Morgan fingerprint density at radius 2 is 1.86 bits per heavy atom. The van der Waals surface area contributed by atoms with Gasteiger partial charge in [-0.15, -0.1) is 10.2 Å². The summed E-state index contributed by atoms with van der Waals surface area (Å²) >= 11 is 1.50. The Balaban J connectivity index is 1.91. The van der Waals surface area contributed by atoms with Crippen LogP contribution in [0.4, 0.5) is 5.69 Å². The molecule has 0 spiro atoms. The third-order valence-corrected chi connectivity index (χ3v) is 5.52. The Labute approximate surface area is 174 Å². The van der Waals surface area contributed by atoms with E-state index in [1.807, 2.05) is 43.3 Å². The van der Waals surface area contributed by atoms with E-state index in [1.54, 1.807) is 11.8 Å². The number of hydrogen-bond acceptors (Lipinski definition) is 6. The van der Waals surface area contributed by atoms with Gasteiger partial charge in [0.05, 0.1) is 5.69 Å². The fourth-order valence-corrected chi connectivity index (χ4v) is 3.88. The molecule has 1 atom stereocenters. The first-order valence-corrected chi connectivity index (χ1v) is 10.6. The summed E-state index contributed by atoms with van der Waals surface area (Å²) in [7, 11) is 0. The summed E-state index contributed by atoms with van der Waals surface area (Å²) in [4.78, 5) is 19.0. The Morgan fingerprint density at radius 3 is 2.55 bits per heavy atom. The summed E-state index contributed by atoms with van der Waals surface area (Å²) in [5.41, 5.74) is 4.15. The molecule has 1 aromatic heterocycles. The highest BCUT2D eigenvalue weighted by Crippen LogP contribution is 2.43. The molecule has 3 aromatic rings. The number of nitrogens with zero attached hydrogens (tertiary/aromatic N) is 4. The van der Waals surface area contributed by atoms with E-state index in [2.05, 4.69) is 34.2 Å². The van der Waals surface area contributed by atoms with Gasteiger partial charge in [0, 0.05) is 18.1 Å². The number of ether oxygens (including phenoxy) is 1. The van der Waals surface area contributed by atoms with E-state index >= 15 is 0 Å². The van der Waals surface area contributed by atoms with Crippen LogP contribution in [-0.2, 0) is 11.2 Å². The van der Waals surface area contributed by atoms with Gasteiger partial charge in [-0.25, -0.2) is 0 Å². The lowest BCUT2D eigenvalue weighted by atomic mass is 10.1. The maximum atomic E-state index is 12.7. The van der Waals surface area contributed by atoms with Crippen LogP contribution in [0.1, 0.15) is 38.1 Å². The van der Waals surface area contributed by atoms with E-state index in [0.717, 1.165) is 29.0 Å². The lowest BCUT2D eigenvalue weighted by Crippen LogP contribution is -2.36. The monoisotopic (exact) mass is 406 g/mol. The van der Waals surface area contributed by atoms with E-state index in [0.29, 0.717) is 16.7 Å². The summed E-state index contributed by atoms with van der Waals surface area (Å²) in [6.07, 6.45) is 0.305. The predicted octanol–water partition coefficient (Wildman–Crippen LogP) is 4.66. The number of carbonyl (C=O) groups excluding carboxylic acids is 1. The Hall–Kier alpha value is -2.93. The number of benzene rings is 2. The lowest BCUT2D eigenvalue weighted by molar-refractivity contribution is -0.118. The highest BCUT2D eigenvalue weighted by Gasteiger charge is 2.34. The van der Waals surface area contributed by atoms with Crippen molar-refractivity contribution in [2.45, 2.75) is 38.6 Å². The largest absolute Gasteiger partial charge is 0.447 e. The molecule has 0 saturated carbocycles.